The third-order valence-corrected chi connectivity index (χ3v) is 4.37. The highest BCUT2D eigenvalue weighted by atomic mass is 127. The average molecular weight is 425 g/mol. The summed E-state index contributed by atoms with van der Waals surface area (Å²) >= 11 is 2.26. The molecular weight excluding hydrogens is 409 g/mol. The Hall–Kier alpha value is -2.03. The summed E-state index contributed by atoms with van der Waals surface area (Å²) in [4.78, 5) is 9.24. The second-order valence-corrected chi connectivity index (χ2v) is 6.09. The first-order valence-electron chi connectivity index (χ1n) is 6.87. The number of fused-ring (bicyclic) bond motifs is 1. The van der Waals surface area contributed by atoms with E-state index in [1.54, 1.807) is 27.5 Å². The standard InChI is InChI=1S/C16H16IN3O3/c1-20-8-10(17)14-16(20)18-7-11(19-14)9-5-12(21-2)15(23-4)13(6-9)22-3/h5-8H,1-4H3. The van der Waals surface area contributed by atoms with E-state index in [1.165, 1.54) is 0 Å². The van der Waals surface area contributed by atoms with Gasteiger partial charge < -0.3 is 18.8 Å². The number of nitrogens with zero attached hydrogens (tertiary/aromatic N) is 3. The summed E-state index contributed by atoms with van der Waals surface area (Å²) in [6, 6.07) is 3.74. The van der Waals surface area contributed by atoms with Crippen LogP contribution in [0.2, 0.25) is 0 Å². The molecule has 0 fully saturated rings. The molecule has 0 saturated heterocycles. The van der Waals surface area contributed by atoms with Gasteiger partial charge >= 0.3 is 0 Å². The zero-order chi connectivity index (χ0) is 16.6. The normalized spacial score (nSPS) is 10.8. The first-order valence-corrected chi connectivity index (χ1v) is 7.94. The lowest BCUT2D eigenvalue weighted by Crippen LogP contribution is -1.97. The van der Waals surface area contributed by atoms with E-state index < -0.39 is 0 Å². The summed E-state index contributed by atoms with van der Waals surface area (Å²) in [6.45, 7) is 0. The highest BCUT2D eigenvalue weighted by Crippen LogP contribution is 2.40. The molecule has 23 heavy (non-hydrogen) atoms. The van der Waals surface area contributed by atoms with Gasteiger partial charge in [-0.2, -0.15) is 0 Å². The van der Waals surface area contributed by atoms with Crippen LogP contribution in [-0.2, 0) is 7.05 Å². The van der Waals surface area contributed by atoms with Crippen molar-refractivity contribution in [2.75, 3.05) is 21.3 Å². The molecule has 0 bridgehead atoms. The molecule has 3 aromatic rings. The van der Waals surface area contributed by atoms with Crippen LogP contribution in [0.3, 0.4) is 0 Å². The smallest absolute Gasteiger partial charge is 0.203 e. The Morgan fingerprint density at radius 2 is 1.70 bits per heavy atom. The molecule has 120 valence electrons. The van der Waals surface area contributed by atoms with Crippen LogP contribution in [0, 0.1) is 3.57 Å². The molecule has 0 aliphatic rings. The molecule has 3 rings (SSSR count). The maximum atomic E-state index is 5.40. The van der Waals surface area contributed by atoms with Gasteiger partial charge in [-0.05, 0) is 34.7 Å². The van der Waals surface area contributed by atoms with E-state index >= 15 is 0 Å². The first kappa shape index (κ1) is 15.9. The molecule has 6 nitrogen and oxygen atoms in total. The predicted molar refractivity (Wildman–Crippen MR) is 96.3 cm³/mol. The van der Waals surface area contributed by atoms with Crippen molar-refractivity contribution in [1.82, 2.24) is 14.5 Å². The molecular formula is C16H16IN3O3. The fraction of sp³-hybridized carbons (Fsp3) is 0.250. The van der Waals surface area contributed by atoms with Crippen LogP contribution in [-0.4, -0.2) is 35.9 Å². The SMILES string of the molecule is COc1cc(-c2cnc3c(n2)c(I)cn3C)cc(OC)c1OC. The molecule has 0 aliphatic heterocycles. The van der Waals surface area contributed by atoms with Crippen LogP contribution in [0.5, 0.6) is 17.2 Å². The highest BCUT2D eigenvalue weighted by molar-refractivity contribution is 14.1. The monoisotopic (exact) mass is 425 g/mol. The lowest BCUT2D eigenvalue weighted by atomic mass is 10.1. The summed E-state index contributed by atoms with van der Waals surface area (Å²) in [5.74, 6) is 1.74. The van der Waals surface area contributed by atoms with E-state index in [-0.39, 0.29) is 0 Å². The third kappa shape index (κ3) is 2.69. The van der Waals surface area contributed by atoms with E-state index in [2.05, 4.69) is 27.6 Å². The number of benzene rings is 1. The van der Waals surface area contributed by atoms with Crippen LogP contribution in [0.4, 0.5) is 0 Å². The molecule has 1 aromatic carbocycles. The molecule has 0 N–H and O–H groups in total. The highest BCUT2D eigenvalue weighted by Gasteiger charge is 2.16. The molecule has 0 unspecified atom stereocenters. The fourth-order valence-corrected chi connectivity index (χ4v) is 3.24. The zero-order valence-electron chi connectivity index (χ0n) is 13.3. The predicted octanol–water partition coefficient (Wildman–Crippen LogP) is 3.27. The van der Waals surface area contributed by atoms with Crippen molar-refractivity contribution in [2.24, 2.45) is 7.05 Å². The molecule has 0 saturated carbocycles. The summed E-state index contributed by atoms with van der Waals surface area (Å²) in [7, 11) is 6.72. The first-order chi connectivity index (χ1) is 11.1. The number of hydrogen-bond donors (Lipinski definition) is 0. The van der Waals surface area contributed by atoms with Crippen LogP contribution >= 0.6 is 22.6 Å². The third-order valence-electron chi connectivity index (χ3n) is 3.58. The molecule has 0 amide bonds. The minimum Gasteiger partial charge on any atom is -0.493 e. The largest absolute Gasteiger partial charge is 0.493 e. The van der Waals surface area contributed by atoms with Crippen molar-refractivity contribution >= 4 is 33.8 Å². The topological polar surface area (TPSA) is 58.4 Å². The van der Waals surface area contributed by atoms with Gasteiger partial charge in [-0.25, -0.2) is 9.97 Å². The number of aromatic nitrogens is 3. The molecule has 7 heteroatoms. The van der Waals surface area contributed by atoms with Crippen molar-refractivity contribution < 1.29 is 14.2 Å². The number of ether oxygens (including phenoxy) is 3. The second kappa shape index (κ2) is 6.23. The summed E-state index contributed by atoms with van der Waals surface area (Å²) in [5, 5.41) is 0. The molecule has 2 heterocycles. The van der Waals surface area contributed by atoms with Crippen molar-refractivity contribution in [2.45, 2.75) is 0 Å². The molecule has 0 atom stereocenters. The van der Waals surface area contributed by atoms with Gasteiger partial charge in [-0.3, -0.25) is 0 Å². The van der Waals surface area contributed by atoms with Gasteiger partial charge in [0.05, 0.1) is 36.8 Å². The Kier molecular flexibility index (Phi) is 4.29. The van der Waals surface area contributed by atoms with Crippen LogP contribution in [0.25, 0.3) is 22.4 Å². The Morgan fingerprint density at radius 3 is 2.26 bits per heavy atom. The van der Waals surface area contributed by atoms with E-state index in [0.717, 1.165) is 26.0 Å². The fourth-order valence-electron chi connectivity index (χ4n) is 2.46. The van der Waals surface area contributed by atoms with Crippen LogP contribution in [0.15, 0.2) is 24.5 Å². The minimum atomic E-state index is 0.557. The zero-order valence-corrected chi connectivity index (χ0v) is 15.4. The maximum Gasteiger partial charge on any atom is 0.203 e. The van der Waals surface area contributed by atoms with E-state index in [1.807, 2.05) is 29.9 Å². The summed E-state index contributed by atoms with van der Waals surface area (Å²) in [6.07, 6.45) is 3.75. The minimum absolute atomic E-state index is 0.557. The van der Waals surface area contributed by atoms with Crippen molar-refractivity contribution in [3.63, 3.8) is 0 Å². The molecule has 0 spiro atoms. The van der Waals surface area contributed by atoms with E-state index in [9.17, 15) is 0 Å². The second-order valence-electron chi connectivity index (χ2n) is 4.93. The molecule has 2 aromatic heterocycles. The van der Waals surface area contributed by atoms with Crippen molar-refractivity contribution in [3.8, 4) is 28.5 Å². The van der Waals surface area contributed by atoms with E-state index in [0.29, 0.717) is 17.2 Å². The number of rotatable bonds is 4. The van der Waals surface area contributed by atoms with Gasteiger partial charge in [0.2, 0.25) is 5.75 Å². The number of halogens is 1. The van der Waals surface area contributed by atoms with Crippen LogP contribution < -0.4 is 14.2 Å². The maximum absolute atomic E-state index is 5.40. The van der Waals surface area contributed by atoms with Gasteiger partial charge in [0.1, 0.15) is 5.52 Å². The average Bonchev–Trinajstić information content (AvgIpc) is 2.87. The Morgan fingerprint density at radius 1 is 1.04 bits per heavy atom. The van der Waals surface area contributed by atoms with Crippen molar-refractivity contribution in [3.05, 3.63) is 28.1 Å². The lowest BCUT2D eigenvalue weighted by Gasteiger charge is -2.13. The quantitative estimate of drug-likeness (QED) is 0.601. The summed E-state index contributed by atoms with van der Waals surface area (Å²) in [5.41, 5.74) is 3.33. The summed E-state index contributed by atoms with van der Waals surface area (Å²) < 4.78 is 19.2. The number of hydrogen-bond acceptors (Lipinski definition) is 5. The van der Waals surface area contributed by atoms with E-state index in [4.69, 9.17) is 19.2 Å². The number of methoxy groups -OCH3 is 3. The number of aryl methyl sites for hydroxylation is 1. The Bertz CT molecular complexity index is 851. The van der Waals surface area contributed by atoms with Crippen LogP contribution in [0.1, 0.15) is 0 Å². The van der Waals surface area contributed by atoms with Crippen molar-refractivity contribution in [1.29, 1.82) is 0 Å². The molecule has 0 radical (unpaired) electrons. The molecule has 0 aliphatic carbocycles. The van der Waals surface area contributed by atoms with Gasteiger partial charge in [0.25, 0.3) is 0 Å². The Balaban J connectivity index is 2.20. The van der Waals surface area contributed by atoms with Gasteiger partial charge in [-0.15, -0.1) is 0 Å². The van der Waals surface area contributed by atoms with Gasteiger partial charge in [0.15, 0.2) is 17.1 Å². The Labute approximate surface area is 147 Å². The van der Waals surface area contributed by atoms with Gasteiger partial charge in [0, 0.05) is 18.8 Å². The van der Waals surface area contributed by atoms with Gasteiger partial charge in [-0.1, -0.05) is 0 Å². The lowest BCUT2D eigenvalue weighted by molar-refractivity contribution is 0.324.